The standard InChI is InChI=1S/C12H12ClNO3/c13-6-7-14-10(8-15)11(12(14)16)17-9-4-2-1-3-5-9/h1-5,8,10-11H,6-7H2/t10-,11+/m0/s1. The summed E-state index contributed by atoms with van der Waals surface area (Å²) < 4.78 is 5.48. The third-order valence-electron chi connectivity index (χ3n) is 2.67. The highest BCUT2D eigenvalue weighted by Gasteiger charge is 2.48. The van der Waals surface area contributed by atoms with Crippen LogP contribution >= 0.6 is 11.6 Å². The average Bonchev–Trinajstić information content (AvgIpc) is 2.38. The molecule has 0 N–H and O–H groups in total. The zero-order valence-corrected chi connectivity index (χ0v) is 9.84. The molecule has 5 heteroatoms. The summed E-state index contributed by atoms with van der Waals surface area (Å²) in [7, 11) is 0. The number of amides is 1. The van der Waals surface area contributed by atoms with Gasteiger partial charge in [-0.3, -0.25) is 4.79 Å². The molecule has 0 saturated carbocycles. The number of benzene rings is 1. The molecule has 0 bridgehead atoms. The molecule has 1 heterocycles. The second-order valence-corrected chi connectivity index (χ2v) is 4.08. The first-order chi connectivity index (χ1) is 8.27. The van der Waals surface area contributed by atoms with Gasteiger partial charge in [0.15, 0.2) is 0 Å². The number of halogens is 1. The van der Waals surface area contributed by atoms with Crippen LogP contribution in [-0.4, -0.2) is 41.7 Å². The van der Waals surface area contributed by atoms with E-state index in [-0.39, 0.29) is 5.91 Å². The highest BCUT2D eigenvalue weighted by atomic mass is 35.5. The number of nitrogens with zero attached hydrogens (tertiary/aromatic N) is 1. The minimum Gasteiger partial charge on any atom is -0.478 e. The van der Waals surface area contributed by atoms with Gasteiger partial charge in [-0.25, -0.2) is 0 Å². The van der Waals surface area contributed by atoms with Crippen molar-refractivity contribution < 1.29 is 14.3 Å². The number of hydrogen-bond donors (Lipinski definition) is 0. The zero-order valence-electron chi connectivity index (χ0n) is 9.08. The Morgan fingerprint density at radius 1 is 1.35 bits per heavy atom. The second kappa shape index (κ2) is 5.19. The highest BCUT2D eigenvalue weighted by Crippen LogP contribution is 2.24. The number of rotatable bonds is 5. The van der Waals surface area contributed by atoms with E-state index in [1.807, 2.05) is 18.2 Å². The van der Waals surface area contributed by atoms with Crippen LogP contribution in [0.1, 0.15) is 0 Å². The molecular weight excluding hydrogens is 242 g/mol. The van der Waals surface area contributed by atoms with Crippen molar-refractivity contribution in [2.45, 2.75) is 12.1 Å². The number of hydrogen-bond acceptors (Lipinski definition) is 3. The minimum atomic E-state index is -0.710. The van der Waals surface area contributed by atoms with Gasteiger partial charge in [-0.05, 0) is 12.1 Å². The van der Waals surface area contributed by atoms with Gasteiger partial charge in [0, 0.05) is 12.4 Å². The summed E-state index contributed by atoms with van der Waals surface area (Å²) in [4.78, 5) is 24.0. The van der Waals surface area contributed by atoms with E-state index in [0.29, 0.717) is 18.2 Å². The fourth-order valence-electron chi connectivity index (χ4n) is 1.80. The van der Waals surface area contributed by atoms with E-state index >= 15 is 0 Å². The zero-order chi connectivity index (χ0) is 12.3. The molecule has 1 aromatic carbocycles. The first-order valence-electron chi connectivity index (χ1n) is 5.31. The Bertz CT molecular complexity index is 409. The summed E-state index contributed by atoms with van der Waals surface area (Å²) >= 11 is 5.55. The molecule has 1 aromatic rings. The van der Waals surface area contributed by atoms with Crippen molar-refractivity contribution >= 4 is 23.8 Å². The van der Waals surface area contributed by atoms with Gasteiger partial charge >= 0.3 is 0 Å². The van der Waals surface area contributed by atoms with Crippen LogP contribution < -0.4 is 4.74 Å². The van der Waals surface area contributed by atoms with E-state index in [1.54, 1.807) is 12.1 Å². The molecule has 1 fully saturated rings. The van der Waals surface area contributed by atoms with Gasteiger partial charge in [-0.15, -0.1) is 11.6 Å². The number of carbonyl (C=O) groups excluding carboxylic acids is 2. The normalized spacial score (nSPS) is 23.1. The fourth-order valence-corrected chi connectivity index (χ4v) is 1.98. The van der Waals surface area contributed by atoms with Crippen molar-refractivity contribution in [2.24, 2.45) is 0 Å². The maximum absolute atomic E-state index is 11.7. The van der Waals surface area contributed by atoms with Crippen molar-refractivity contribution in [1.82, 2.24) is 4.90 Å². The van der Waals surface area contributed by atoms with Gasteiger partial charge < -0.3 is 14.4 Å². The predicted octanol–water partition coefficient (Wildman–Crippen LogP) is 1.08. The van der Waals surface area contributed by atoms with Crippen LogP contribution in [0.3, 0.4) is 0 Å². The molecule has 17 heavy (non-hydrogen) atoms. The Hall–Kier alpha value is -1.55. The van der Waals surface area contributed by atoms with E-state index in [0.717, 1.165) is 6.29 Å². The molecule has 2 rings (SSSR count). The summed E-state index contributed by atoms with van der Waals surface area (Å²) in [6, 6.07) is 8.45. The van der Waals surface area contributed by atoms with Gasteiger partial charge in [0.25, 0.3) is 5.91 Å². The molecular formula is C12H12ClNO3. The lowest BCUT2D eigenvalue weighted by Gasteiger charge is -2.43. The van der Waals surface area contributed by atoms with Crippen molar-refractivity contribution in [3.05, 3.63) is 30.3 Å². The molecule has 1 amide bonds. The number of β-lactam (4-membered cyclic amide) rings is 1. The van der Waals surface area contributed by atoms with Gasteiger partial charge in [0.1, 0.15) is 18.1 Å². The van der Waals surface area contributed by atoms with Crippen LogP contribution in [0, 0.1) is 0 Å². The number of para-hydroxylation sites is 1. The van der Waals surface area contributed by atoms with Crippen molar-refractivity contribution in [3.63, 3.8) is 0 Å². The van der Waals surface area contributed by atoms with E-state index in [1.165, 1.54) is 4.90 Å². The Morgan fingerprint density at radius 3 is 2.65 bits per heavy atom. The van der Waals surface area contributed by atoms with Crippen LogP contribution in [0.4, 0.5) is 0 Å². The van der Waals surface area contributed by atoms with Gasteiger partial charge in [-0.2, -0.15) is 0 Å². The molecule has 4 nitrogen and oxygen atoms in total. The van der Waals surface area contributed by atoms with Gasteiger partial charge in [-0.1, -0.05) is 18.2 Å². The number of ether oxygens (including phenoxy) is 1. The third-order valence-corrected chi connectivity index (χ3v) is 2.84. The molecule has 1 saturated heterocycles. The van der Waals surface area contributed by atoms with Crippen LogP contribution in [0.5, 0.6) is 5.75 Å². The smallest absolute Gasteiger partial charge is 0.267 e. The van der Waals surface area contributed by atoms with Crippen LogP contribution in [0.2, 0.25) is 0 Å². The maximum Gasteiger partial charge on any atom is 0.267 e. The Morgan fingerprint density at radius 2 is 2.06 bits per heavy atom. The lowest BCUT2D eigenvalue weighted by molar-refractivity contribution is -0.164. The van der Waals surface area contributed by atoms with Crippen molar-refractivity contribution in [2.75, 3.05) is 12.4 Å². The Kier molecular flexibility index (Phi) is 3.64. The maximum atomic E-state index is 11.7. The lowest BCUT2D eigenvalue weighted by atomic mass is 9.99. The third kappa shape index (κ3) is 2.26. The average molecular weight is 254 g/mol. The first kappa shape index (κ1) is 11.9. The molecule has 0 spiro atoms. The summed E-state index contributed by atoms with van der Waals surface area (Å²) in [6.45, 7) is 0.373. The Labute approximate surface area is 104 Å². The number of aldehydes is 1. The molecule has 0 radical (unpaired) electrons. The van der Waals surface area contributed by atoms with Gasteiger partial charge in [0.2, 0.25) is 6.10 Å². The molecule has 0 aliphatic carbocycles. The van der Waals surface area contributed by atoms with Crippen molar-refractivity contribution in [3.8, 4) is 5.75 Å². The monoisotopic (exact) mass is 253 g/mol. The summed E-state index contributed by atoms with van der Waals surface area (Å²) in [5.41, 5.74) is 0. The van der Waals surface area contributed by atoms with Crippen LogP contribution in [0.25, 0.3) is 0 Å². The first-order valence-corrected chi connectivity index (χ1v) is 5.85. The second-order valence-electron chi connectivity index (χ2n) is 3.70. The minimum absolute atomic E-state index is 0.188. The van der Waals surface area contributed by atoms with Crippen molar-refractivity contribution in [1.29, 1.82) is 0 Å². The molecule has 0 aromatic heterocycles. The number of likely N-dealkylation sites (tertiary alicyclic amines) is 1. The van der Waals surface area contributed by atoms with Crippen LogP contribution in [0.15, 0.2) is 30.3 Å². The van der Waals surface area contributed by atoms with E-state index < -0.39 is 12.1 Å². The molecule has 1 aliphatic rings. The molecule has 0 unspecified atom stereocenters. The fraction of sp³-hybridized carbons (Fsp3) is 0.333. The predicted molar refractivity (Wildman–Crippen MR) is 63.1 cm³/mol. The number of alkyl halides is 1. The van der Waals surface area contributed by atoms with E-state index in [9.17, 15) is 9.59 Å². The largest absolute Gasteiger partial charge is 0.478 e. The highest BCUT2D eigenvalue weighted by molar-refractivity contribution is 6.18. The number of carbonyl (C=O) groups is 2. The topological polar surface area (TPSA) is 46.6 Å². The molecule has 1 aliphatic heterocycles. The van der Waals surface area contributed by atoms with E-state index in [4.69, 9.17) is 16.3 Å². The Balaban J connectivity index is 2.03. The summed E-state index contributed by atoms with van der Waals surface area (Å²) in [5, 5.41) is 0. The lowest BCUT2D eigenvalue weighted by Crippen LogP contribution is -2.68. The molecule has 2 atom stereocenters. The molecule has 90 valence electrons. The quantitative estimate of drug-likeness (QED) is 0.448. The summed E-state index contributed by atoms with van der Waals surface area (Å²) in [6.07, 6.45) is 0.0137. The van der Waals surface area contributed by atoms with Gasteiger partial charge in [0.05, 0.1) is 0 Å². The van der Waals surface area contributed by atoms with Crippen LogP contribution in [-0.2, 0) is 9.59 Å². The van der Waals surface area contributed by atoms with E-state index in [2.05, 4.69) is 0 Å². The summed E-state index contributed by atoms with van der Waals surface area (Å²) in [5.74, 6) is 0.712. The SMILES string of the molecule is O=C[C@H]1[C@@H](Oc2ccccc2)C(=O)N1CCCl.